The number of ether oxygens (including phenoxy) is 1. The van der Waals surface area contributed by atoms with Crippen LogP contribution < -0.4 is 11.2 Å². The highest BCUT2D eigenvalue weighted by atomic mass is 32.1. The van der Waals surface area contributed by atoms with Crippen molar-refractivity contribution >= 4 is 35.0 Å². The molecule has 0 aliphatic carbocycles. The zero-order valence-corrected chi connectivity index (χ0v) is 15.8. The van der Waals surface area contributed by atoms with Gasteiger partial charge in [0.1, 0.15) is 4.88 Å². The summed E-state index contributed by atoms with van der Waals surface area (Å²) in [5.41, 5.74) is 7.08. The van der Waals surface area contributed by atoms with E-state index in [1.165, 1.54) is 7.11 Å². The number of nitrogens with two attached hydrogens (primary N) is 1. The Hall–Kier alpha value is -1.90. The van der Waals surface area contributed by atoms with Gasteiger partial charge in [-0.25, -0.2) is 9.78 Å². The van der Waals surface area contributed by atoms with E-state index in [0.717, 1.165) is 22.4 Å². The van der Waals surface area contributed by atoms with Gasteiger partial charge < -0.3 is 19.8 Å². The standard InChI is InChI=1S/C17H21BN2O4S/c1-16(2)17(3,4)24-18(23-16)11-8-6-7-10(9-11)12-13(14(21)22-5)25-15(19)20-12/h6-9H,1-5H3,(H2,19,20). The molecule has 1 aliphatic rings. The smallest absolute Gasteiger partial charge is 0.465 e. The number of thiazole rings is 1. The monoisotopic (exact) mass is 360 g/mol. The van der Waals surface area contributed by atoms with Crippen LogP contribution in [0.3, 0.4) is 0 Å². The first-order chi connectivity index (χ1) is 11.6. The first-order valence-corrected chi connectivity index (χ1v) is 8.77. The number of hydrogen-bond acceptors (Lipinski definition) is 7. The van der Waals surface area contributed by atoms with Gasteiger partial charge in [0.2, 0.25) is 0 Å². The Balaban J connectivity index is 1.98. The molecule has 1 aromatic carbocycles. The third-order valence-corrected chi connectivity index (χ3v) is 5.56. The fraction of sp³-hybridized carbons (Fsp3) is 0.412. The fourth-order valence-electron chi connectivity index (χ4n) is 2.58. The van der Waals surface area contributed by atoms with Crippen molar-refractivity contribution in [1.29, 1.82) is 0 Å². The summed E-state index contributed by atoms with van der Waals surface area (Å²) >= 11 is 1.11. The molecule has 25 heavy (non-hydrogen) atoms. The van der Waals surface area contributed by atoms with Gasteiger partial charge in [0.25, 0.3) is 0 Å². The second-order valence-electron chi connectivity index (χ2n) is 6.94. The third kappa shape index (κ3) is 3.17. The topological polar surface area (TPSA) is 83.7 Å². The largest absolute Gasteiger partial charge is 0.494 e. The second-order valence-corrected chi connectivity index (χ2v) is 7.97. The van der Waals surface area contributed by atoms with Crippen molar-refractivity contribution in [2.75, 3.05) is 12.8 Å². The van der Waals surface area contributed by atoms with Crippen LogP contribution in [0.15, 0.2) is 24.3 Å². The van der Waals surface area contributed by atoms with Crippen LogP contribution in [0.4, 0.5) is 5.13 Å². The van der Waals surface area contributed by atoms with Crippen molar-refractivity contribution in [2.24, 2.45) is 0 Å². The number of nitrogen functional groups attached to an aromatic ring is 1. The Kier molecular flexibility index (Phi) is 4.39. The van der Waals surface area contributed by atoms with E-state index in [-0.39, 0.29) is 0 Å². The van der Waals surface area contributed by atoms with Gasteiger partial charge in [-0.2, -0.15) is 0 Å². The lowest BCUT2D eigenvalue weighted by Gasteiger charge is -2.32. The van der Waals surface area contributed by atoms with Crippen molar-refractivity contribution in [3.05, 3.63) is 29.1 Å². The lowest BCUT2D eigenvalue weighted by atomic mass is 9.78. The van der Waals surface area contributed by atoms with Crippen molar-refractivity contribution in [2.45, 2.75) is 38.9 Å². The lowest BCUT2D eigenvalue weighted by Crippen LogP contribution is -2.41. The van der Waals surface area contributed by atoms with Gasteiger partial charge in [-0.05, 0) is 33.2 Å². The van der Waals surface area contributed by atoms with Crippen LogP contribution in [0.5, 0.6) is 0 Å². The van der Waals surface area contributed by atoms with Crippen molar-refractivity contribution in [3.8, 4) is 11.3 Å². The molecule has 2 heterocycles. The molecule has 0 spiro atoms. The van der Waals surface area contributed by atoms with E-state index in [1.54, 1.807) is 0 Å². The normalized spacial score (nSPS) is 18.4. The highest BCUT2D eigenvalue weighted by Gasteiger charge is 2.51. The maximum atomic E-state index is 12.0. The molecule has 1 fully saturated rings. The van der Waals surface area contributed by atoms with Gasteiger partial charge >= 0.3 is 13.1 Å². The Morgan fingerprint density at radius 1 is 1.24 bits per heavy atom. The van der Waals surface area contributed by atoms with E-state index >= 15 is 0 Å². The van der Waals surface area contributed by atoms with Crippen LogP contribution in [-0.4, -0.2) is 36.4 Å². The zero-order chi connectivity index (χ0) is 18.4. The summed E-state index contributed by atoms with van der Waals surface area (Å²) in [6, 6.07) is 7.59. The SMILES string of the molecule is COC(=O)c1sc(N)nc1-c1cccc(B2OC(C)(C)C(C)(C)O2)c1. The lowest BCUT2D eigenvalue weighted by molar-refractivity contribution is 0.00578. The number of carbonyl (C=O) groups is 1. The van der Waals surface area contributed by atoms with Crippen LogP contribution in [0.2, 0.25) is 0 Å². The molecule has 0 saturated carbocycles. The maximum absolute atomic E-state index is 12.0. The summed E-state index contributed by atoms with van der Waals surface area (Å²) in [5.74, 6) is -0.453. The Morgan fingerprint density at radius 3 is 2.48 bits per heavy atom. The number of benzene rings is 1. The summed E-state index contributed by atoms with van der Waals surface area (Å²) < 4.78 is 17.0. The number of aromatic nitrogens is 1. The summed E-state index contributed by atoms with van der Waals surface area (Å²) in [5, 5.41) is 0.316. The van der Waals surface area contributed by atoms with E-state index in [9.17, 15) is 4.79 Å². The Bertz CT molecular complexity index is 803. The first-order valence-electron chi connectivity index (χ1n) is 7.95. The van der Waals surface area contributed by atoms with E-state index < -0.39 is 24.3 Å². The molecule has 1 aliphatic heterocycles. The molecule has 0 atom stereocenters. The molecule has 2 aromatic rings. The number of rotatable bonds is 3. The van der Waals surface area contributed by atoms with Gasteiger partial charge in [0, 0.05) is 5.56 Å². The van der Waals surface area contributed by atoms with Crippen molar-refractivity contribution < 1.29 is 18.8 Å². The summed E-state index contributed by atoms with van der Waals surface area (Å²) in [6.45, 7) is 8.03. The third-order valence-electron chi connectivity index (χ3n) is 4.70. The maximum Gasteiger partial charge on any atom is 0.494 e. The average molecular weight is 360 g/mol. The molecular weight excluding hydrogens is 339 g/mol. The minimum absolute atomic E-state index is 0.316. The highest BCUT2D eigenvalue weighted by molar-refractivity contribution is 7.17. The van der Waals surface area contributed by atoms with Crippen LogP contribution in [-0.2, 0) is 14.0 Å². The molecule has 0 bridgehead atoms. The number of methoxy groups -OCH3 is 1. The predicted octanol–water partition coefficient (Wildman–Crippen LogP) is 2.48. The van der Waals surface area contributed by atoms with Crippen LogP contribution in [0.1, 0.15) is 37.4 Å². The molecule has 0 unspecified atom stereocenters. The molecule has 1 saturated heterocycles. The summed E-state index contributed by atoms with van der Waals surface area (Å²) in [4.78, 5) is 16.6. The summed E-state index contributed by atoms with van der Waals surface area (Å²) in [6.07, 6.45) is 0. The molecule has 132 valence electrons. The Labute approximate surface area is 151 Å². The second kappa shape index (κ2) is 6.12. The molecule has 0 amide bonds. The Morgan fingerprint density at radius 2 is 1.88 bits per heavy atom. The average Bonchev–Trinajstić information content (AvgIpc) is 3.04. The molecule has 8 heteroatoms. The number of nitrogens with zero attached hydrogens (tertiary/aromatic N) is 1. The van der Waals surface area contributed by atoms with E-state index in [4.69, 9.17) is 19.8 Å². The van der Waals surface area contributed by atoms with Gasteiger partial charge in [-0.15, -0.1) is 0 Å². The number of anilines is 1. The van der Waals surface area contributed by atoms with E-state index in [1.807, 2.05) is 52.0 Å². The van der Waals surface area contributed by atoms with E-state index in [0.29, 0.717) is 15.7 Å². The molecule has 1 aromatic heterocycles. The van der Waals surface area contributed by atoms with Gasteiger partial charge in [0.05, 0.1) is 24.0 Å². The zero-order valence-electron chi connectivity index (χ0n) is 15.0. The van der Waals surface area contributed by atoms with Gasteiger partial charge in [-0.3, -0.25) is 0 Å². The molecular formula is C17H21BN2O4S. The van der Waals surface area contributed by atoms with E-state index in [2.05, 4.69) is 4.98 Å². The van der Waals surface area contributed by atoms with Crippen molar-refractivity contribution in [1.82, 2.24) is 4.98 Å². The molecule has 0 radical (unpaired) electrons. The summed E-state index contributed by atoms with van der Waals surface area (Å²) in [7, 11) is 0.852. The molecule has 2 N–H and O–H groups in total. The molecule has 6 nitrogen and oxygen atoms in total. The quantitative estimate of drug-likeness (QED) is 0.669. The predicted molar refractivity (Wildman–Crippen MR) is 99.0 cm³/mol. The van der Waals surface area contributed by atoms with Gasteiger partial charge in [0.15, 0.2) is 5.13 Å². The number of esters is 1. The van der Waals surface area contributed by atoms with Crippen LogP contribution in [0, 0.1) is 0 Å². The number of carbonyl (C=O) groups excluding carboxylic acids is 1. The first kappa shape index (κ1) is 17.9. The highest BCUT2D eigenvalue weighted by Crippen LogP contribution is 2.37. The van der Waals surface area contributed by atoms with Crippen molar-refractivity contribution in [3.63, 3.8) is 0 Å². The van der Waals surface area contributed by atoms with Gasteiger partial charge in [-0.1, -0.05) is 35.6 Å². The minimum Gasteiger partial charge on any atom is -0.465 e. The fourth-order valence-corrected chi connectivity index (χ4v) is 3.35. The van der Waals surface area contributed by atoms with Crippen LogP contribution in [0.25, 0.3) is 11.3 Å². The minimum atomic E-state index is -0.484. The molecule has 3 rings (SSSR count). The number of hydrogen-bond donors (Lipinski definition) is 1. The van der Waals surface area contributed by atoms with Crippen LogP contribution >= 0.6 is 11.3 Å².